The molecule has 0 radical (unpaired) electrons. The lowest BCUT2D eigenvalue weighted by atomic mass is 10.1. The summed E-state index contributed by atoms with van der Waals surface area (Å²) in [7, 11) is 0. The van der Waals surface area contributed by atoms with Gasteiger partial charge in [-0.15, -0.1) is 24.0 Å². The van der Waals surface area contributed by atoms with Gasteiger partial charge in [0.1, 0.15) is 11.9 Å². The summed E-state index contributed by atoms with van der Waals surface area (Å²) in [5, 5.41) is 6.68. The Morgan fingerprint density at radius 3 is 2.72 bits per heavy atom. The number of hydrogen-bond donors (Lipinski definition) is 2. The summed E-state index contributed by atoms with van der Waals surface area (Å²) in [5.41, 5.74) is 1.19. The number of hydrogen-bond acceptors (Lipinski definition) is 3. The van der Waals surface area contributed by atoms with E-state index in [1.165, 1.54) is 5.56 Å². The Labute approximate surface area is 192 Å². The molecule has 1 fully saturated rings. The number of nitrogens with one attached hydrogen (secondary N) is 2. The molecular weight excluding hydrogens is 479 g/mol. The van der Waals surface area contributed by atoms with Crippen molar-refractivity contribution >= 4 is 35.8 Å². The van der Waals surface area contributed by atoms with Crippen LogP contribution in [0.1, 0.15) is 52.0 Å². The molecule has 1 aliphatic rings. The van der Waals surface area contributed by atoms with E-state index in [1.54, 1.807) is 0 Å². The van der Waals surface area contributed by atoms with Crippen LogP contribution < -0.4 is 15.4 Å². The van der Waals surface area contributed by atoms with E-state index in [9.17, 15) is 4.79 Å². The number of aliphatic imine (C=N–C) groups is 1. The Bertz CT molecular complexity index is 653. The first-order chi connectivity index (χ1) is 13.5. The first kappa shape index (κ1) is 25.5. The lowest BCUT2D eigenvalue weighted by Crippen LogP contribution is -2.42. The van der Waals surface area contributed by atoms with Gasteiger partial charge in [0.25, 0.3) is 0 Å². The molecular formula is C22H37IN4O2. The van der Waals surface area contributed by atoms with E-state index in [0.717, 1.165) is 50.6 Å². The number of halogens is 1. The van der Waals surface area contributed by atoms with Gasteiger partial charge in [0.05, 0.1) is 6.54 Å². The molecule has 29 heavy (non-hydrogen) atoms. The molecule has 1 aromatic rings. The van der Waals surface area contributed by atoms with Crippen LogP contribution in [-0.4, -0.2) is 55.1 Å². The van der Waals surface area contributed by atoms with Crippen LogP contribution in [-0.2, 0) is 4.79 Å². The van der Waals surface area contributed by atoms with E-state index in [4.69, 9.17) is 4.74 Å². The topological polar surface area (TPSA) is 66.0 Å². The van der Waals surface area contributed by atoms with Crippen molar-refractivity contribution in [1.29, 1.82) is 0 Å². The Kier molecular flexibility index (Phi) is 12.0. The second kappa shape index (κ2) is 13.7. The molecule has 1 amide bonds. The summed E-state index contributed by atoms with van der Waals surface area (Å²) in [5.74, 6) is 1.97. The molecule has 1 aliphatic heterocycles. The number of nitrogens with zero attached hydrogens (tertiary/aromatic N) is 2. The fourth-order valence-corrected chi connectivity index (χ4v) is 3.51. The minimum Gasteiger partial charge on any atom is -0.489 e. The largest absolute Gasteiger partial charge is 0.489 e. The van der Waals surface area contributed by atoms with Gasteiger partial charge in [0, 0.05) is 32.1 Å². The smallest absolute Gasteiger partial charge is 0.222 e. The molecule has 0 spiro atoms. The molecule has 0 aromatic heterocycles. The number of amides is 1. The highest BCUT2D eigenvalue weighted by atomic mass is 127. The Balaban J connectivity index is 0.00000420. The number of carbonyl (C=O) groups excluding carboxylic acids is 1. The van der Waals surface area contributed by atoms with Crippen LogP contribution in [0.4, 0.5) is 0 Å². The molecule has 2 unspecified atom stereocenters. The maximum Gasteiger partial charge on any atom is 0.222 e. The predicted molar refractivity (Wildman–Crippen MR) is 130 cm³/mol. The second-order valence-corrected chi connectivity index (χ2v) is 7.43. The van der Waals surface area contributed by atoms with Gasteiger partial charge >= 0.3 is 0 Å². The third-order valence-electron chi connectivity index (χ3n) is 4.97. The number of rotatable bonds is 10. The van der Waals surface area contributed by atoms with Gasteiger partial charge in [-0.3, -0.25) is 4.79 Å². The second-order valence-electron chi connectivity index (χ2n) is 7.43. The highest BCUT2D eigenvalue weighted by Gasteiger charge is 2.26. The lowest BCUT2D eigenvalue weighted by molar-refractivity contribution is -0.129. The fourth-order valence-electron chi connectivity index (χ4n) is 3.51. The molecule has 0 bridgehead atoms. The van der Waals surface area contributed by atoms with E-state index < -0.39 is 0 Å². The zero-order valence-electron chi connectivity index (χ0n) is 18.2. The van der Waals surface area contributed by atoms with Crippen LogP contribution in [0.15, 0.2) is 29.3 Å². The molecule has 1 aromatic carbocycles. The van der Waals surface area contributed by atoms with Crippen LogP contribution in [0.2, 0.25) is 0 Å². The maximum absolute atomic E-state index is 12.0. The van der Waals surface area contributed by atoms with Crippen LogP contribution in [0, 0.1) is 6.92 Å². The van der Waals surface area contributed by atoms with E-state index in [0.29, 0.717) is 24.9 Å². The van der Waals surface area contributed by atoms with Gasteiger partial charge in [0.2, 0.25) is 5.91 Å². The standard InChI is InChI=1S/C22H36N4O2.HI/c1-5-19(26-14-8-11-21(26)27)12-13-24-22(23-6-2)25-16-18(4)28-20-10-7-9-17(3)15-20;/h7,9-10,15,18-19H,5-6,8,11-14,16H2,1-4H3,(H2,23,24,25);1H. The normalized spacial score (nSPS) is 16.2. The zero-order valence-corrected chi connectivity index (χ0v) is 20.6. The predicted octanol–water partition coefficient (Wildman–Crippen LogP) is 3.73. The van der Waals surface area contributed by atoms with Gasteiger partial charge in [-0.1, -0.05) is 19.1 Å². The number of ether oxygens (including phenoxy) is 1. The summed E-state index contributed by atoms with van der Waals surface area (Å²) >= 11 is 0. The Hall–Kier alpha value is -1.51. The maximum atomic E-state index is 12.0. The molecule has 2 N–H and O–H groups in total. The van der Waals surface area contributed by atoms with Crippen molar-refractivity contribution in [3.05, 3.63) is 29.8 Å². The van der Waals surface area contributed by atoms with Crippen molar-refractivity contribution in [2.24, 2.45) is 4.99 Å². The van der Waals surface area contributed by atoms with Crippen molar-refractivity contribution in [3.63, 3.8) is 0 Å². The minimum atomic E-state index is -0.0112. The van der Waals surface area contributed by atoms with Gasteiger partial charge in [-0.25, -0.2) is 4.99 Å². The summed E-state index contributed by atoms with van der Waals surface area (Å²) in [6.45, 7) is 11.4. The first-order valence-corrected chi connectivity index (χ1v) is 10.6. The van der Waals surface area contributed by atoms with Gasteiger partial charge in [-0.05, 0) is 57.7 Å². The SMILES string of the molecule is CCNC(=NCC(C)Oc1cccc(C)c1)NCCC(CC)N1CCCC1=O.I. The van der Waals surface area contributed by atoms with Crippen molar-refractivity contribution in [2.75, 3.05) is 26.2 Å². The molecule has 6 nitrogen and oxygen atoms in total. The van der Waals surface area contributed by atoms with Crippen molar-refractivity contribution in [3.8, 4) is 5.75 Å². The van der Waals surface area contributed by atoms with Crippen LogP contribution >= 0.6 is 24.0 Å². The number of benzene rings is 1. The molecule has 0 aliphatic carbocycles. The summed E-state index contributed by atoms with van der Waals surface area (Å²) in [6, 6.07) is 8.38. The monoisotopic (exact) mass is 516 g/mol. The summed E-state index contributed by atoms with van der Waals surface area (Å²) < 4.78 is 5.96. The first-order valence-electron chi connectivity index (χ1n) is 10.6. The molecule has 164 valence electrons. The highest BCUT2D eigenvalue weighted by molar-refractivity contribution is 14.0. The molecule has 1 heterocycles. The number of aryl methyl sites for hydroxylation is 1. The van der Waals surface area contributed by atoms with Crippen LogP contribution in [0.25, 0.3) is 0 Å². The lowest BCUT2D eigenvalue weighted by Gasteiger charge is -2.27. The van der Waals surface area contributed by atoms with Gasteiger partial charge in [0.15, 0.2) is 5.96 Å². The number of likely N-dealkylation sites (tertiary alicyclic amines) is 1. The highest BCUT2D eigenvalue weighted by Crippen LogP contribution is 2.17. The van der Waals surface area contributed by atoms with E-state index in [-0.39, 0.29) is 30.1 Å². The Morgan fingerprint density at radius 2 is 2.10 bits per heavy atom. The van der Waals surface area contributed by atoms with E-state index in [2.05, 4.69) is 42.5 Å². The average molecular weight is 516 g/mol. The number of guanidine groups is 1. The zero-order chi connectivity index (χ0) is 20.4. The fraction of sp³-hybridized carbons (Fsp3) is 0.636. The quantitative estimate of drug-likeness (QED) is 0.283. The van der Waals surface area contributed by atoms with E-state index in [1.807, 2.05) is 30.0 Å². The summed E-state index contributed by atoms with van der Waals surface area (Å²) in [4.78, 5) is 18.7. The van der Waals surface area contributed by atoms with Crippen molar-refractivity contribution in [1.82, 2.24) is 15.5 Å². The molecule has 2 atom stereocenters. The van der Waals surface area contributed by atoms with Crippen molar-refractivity contribution in [2.45, 2.75) is 65.5 Å². The molecule has 1 saturated heterocycles. The summed E-state index contributed by atoms with van der Waals surface area (Å²) in [6.07, 6.45) is 3.60. The third-order valence-corrected chi connectivity index (χ3v) is 4.97. The minimum absolute atomic E-state index is 0. The number of carbonyl (C=O) groups is 1. The van der Waals surface area contributed by atoms with Crippen LogP contribution in [0.3, 0.4) is 0 Å². The molecule has 0 saturated carbocycles. The van der Waals surface area contributed by atoms with Crippen LogP contribution in [0.5, 0.6) is 5.75 Å². The Morgan fingerprint density at radius 1 is 1.31 bits per heavy atom. The van der Waals surface area contributed by atoms with Crippen molar-refractivity contribution < 1.29 is 9.53 Å². The average Bonchev–Trinajstić information content (AvgIpc) is 3.09. The third kappa shape index (κ3) is 8.80. The van der Waals surface area contributed by atoms with Gasteiger partial charge < -0.3 is 20.3 Å². The molecule has 7 heteroatoms. The van der Waals surface area contributed by atoms with Gasteiger partial charge in [-0.2, -0.15) is 0 Å². The molecule has 2 rings (SSSR count). The van der Waals surface area contributed by atoms with E-state index >= 15 is 0 Å².